The topological polar surface area (TPSA) is 46.2 Å². The van der Waals surface area contributed by atoms with E-state index in [1.807, 2.05) is 13.8 Å². The molecule has 0 bridgehead atoms. The number of aliphatic hydroxyl groups is 1. The fourth-order valence-corrected chi connectivity index (χ4v) is 1.59. The second kappa shape index (κ2) is 5.24. The average Bonchev–Trinajstić information content (AvgIpc) is 2.17. The molecule has 1 aromatic carbocycles. The van der Waals surface area contributed by atoms with E-state index in [-0.39, 0.29) is 5.82 Å². The van der Waals surface area contributed by atoms with E-state index in [1.165, 1.54) is 6.07 Å². The monoisotopic (exact) mass is 211 g/mol. The molecule has 2 atom stereocenters. The lowest BCUT2D eigenvalue weighted by molar-refractivity contribution is 0.133. The van der Waals surface area contributed by atoms with Gasteiger partial charge in [-0.1, -0.05) is 25.5 Å². The van der Waals surface area contributed by atoms with E-state index in [1.54, 1.807) is 12.1 Å². The fourth-order valence-electron chi connectivity index (χ4n) is 1.59. The highest BCUT2D eigenvalue weighted by molar-refractivity contribution is 5.26. The molecule has 0 radical (unpaired) electrons. The van der Waals surface area contributed by atoms with Gasteiger partial charge in [-0.3, -0.25) is 0 Å². The first-order chi connectivity index (χ1) is 7.06. The zero-order chi connectivity index (χ0) is 11.4. The Morgan fingerprint density at radius 3 is 2.67 bits per heavy atom. The first-order valence-corrected chi connectivity index (χ1v) is 5.26. The van der Waals surface area contributed by atoms with Crippen molar-refractivity contribution in [1.82, 2.24) is 0 Å². The van der Waals surface area contributed by atoms with Gasteiger partial charge < -0.3 is 10.8 Å². The van der Waals surface area contributed by atoms with Crippen LogP contribution in [-0.2, 0) is 0 Å². The molecule has 0 fully saturated rings. The number of aryl methyl sites for hydroxylation is 1. The van der Waals surface area contributed by atoms with Crippen LogP contribution in [0.5, 0.6) is 0 Å². The molecule has 2 nitrogen and oxygen atoms in total. The molecule has 0 saturated heterocycles. The van der Waals surface area contributed by atoms with Gasteiger partial charge in [0.15, 0.2) is 0 Å². The highest BCUT2D eigenvalue weighted by Gasteiger charge is 2.18. The van der Waals surface area contributed by atoms with Crippen LogP contribution in [0.15, 0.2) is 18.2 Å². The van der Waals surface area contributed by atoms with Crippen molar-refractivity contribution in [2.75, 3.05) is 0 Å². The molecule has 3 N–H and O–H groups in total. The lowest BCUT2D eigenvalue weighted by Crippen LogP contribution is -2.26. The lowest BCUT2D eigenvalue weighted by atomic mass is 9.98. The van der Waals surface area contributed by atoms with Crippen LogP contribution in [0, 0.1) is 12.7 Å². The second-order valence-electron chi connectivity index (χ2n) is 3.91. The largest absolute Gasteiger partial charge is 0.391 e. The van der Waals surface area contributed by atoms with E-state index in [0.717, 1.165) is 12.0 Å². The first-order valence-electron chi connectivity index (χ1n) is 5.26. The minimum absolute atomic E-state index is 0.336. The van der Waals surface area contributed by atoms with Crippen LogP contribution in [0.25, 0.3) is 0 Å². The SMILES string of the molecule is CCC[C@@H](O)[C@@H](N)c1ccc(C)cc1F. The molecule has 0 amide bonds. The summed E-state index contributed by atoms with van der Waals surface area (Å²) in [4.78, 5) is 0. The van der Waals surface area contributed by atoms with Crippen LogP contribution in [-0.4, -0.2) is 11.2 Å². The predicted molar refractivity (Wildman–Crippen MR) is 59.0 cm³/mol. The van der Waals surface area contributed by atoms with Crippen molar-refractivity contribution in [2.45, 2.75) is 38.8 Å². The van der Waals surface area contributed by atoms with Crippen molar-refractivity contribution < 1.29 is 9.50 Å². The molecule has 0 aliphatic carbocycles. The molecular formula is C12H18FNO. The maximum Gasteiger partial charge on any atom is 0.128 e. The van der Waals surface area contributed by atoms with E-state index in [9.17, 15) is 9.50 Å². The van der Waals surface area contributed by atoms with Gasteiger partial charge in [0.1, 0.15) is 5.82 Å². The molecule has 1 rings (SSSR count). The Hall–Kier alpha value is -0.930. The van der Waals surface area contributed by atoms with Gasteiger partial charge in [0.05, 0.1) is 12.1 Å². The Kier molecular flexibility index (Phi) is 4.24. The number of rotatable bonds is 4. The van der Waals surface area contributed by atoms with Crippen molar-refractivity contribution >= 4 is 0 Å². The Morgan fingerprint density at radius 1 is 1.47 bits per heavy atom. The van der Waals surface area contributed by atoms with Crippen molar-refractivity contribution in [2.24, 2.45) is 5.73 Å². The second-order valence-corrected chi connectivity index (χ2v) is 3.91. The zero-order valence-corrected chi connectivity index (χ0v) is 9.20. The quantitative estimate of drug-likeness (QED) is 0.802. The highest BCUT2D eigenvalue weighted by Crippen LogP contribution is 2.21. The molecule has 1 aromatic rings. The van der Waals surface area contributed by atoms with Crippen LogP contribution in [0.3, 0.4) is 0 Å². The minimum atomic E-state index is -0.674. The molecular weight excluding hydrogens is 193 g/mol. The van der Waals surface area contributed by atoms with E-state index in [4.69, 9.17) is 5.73 Å². The fraction of sp³-hybridized carbons (Fsp3) is 0.500. The van der Waals surface area contributed by atoms with Gasteiger partial charge in [-0.25, -0.2) is 4.39 Å². The van der Waals surface area contributed by atoms with Gasteiger partial charge >= 0.3 is 0 Å². The molecule has 3 heteroatoms. The molecule has 84 valence electrons. The van der Waals surface area contributed by atoms with Crippen molar-refractivity contribution in [3.63, 3.8) is 0 Å². The summed E-state index contributed by atoms with van der Waals surface area (Å²) in [6, 6.07) is 4.25. The molecule has 0 unspecified atom stereocenters. The third kappa shape index (κ3) is 3.01. The molecule has 0 saturated carbocycles. The molecule has 0 aliphatic rings. The van der Waals surface area contributed by atoms with Crippen LogP contribution >= 0.6 is 0 Å². The summed E-state index contributed by atoms with van der Waals surface area (Å²) in [5, 5.41) is 9.67. The van der Waals surface area contributed by atoms with E-state index in [0.29, 0.717) is 12.0 Å². The summed E-state index contributed by atoms with van der Waals surface area (Å²) < 4.78 is 13.5. The summed E-state index contributed by atoms with van der Waals surface area (Å²) in [5.41, 5.74) is 7.03. The first kappa shape index (κ1) is 12.1. The molecule has 0 spiro atoms. The van der Waals surface area contributed by atoms with E-state index >= 15 is 0 Å². The van der Waals surface area contributed by atoms with Gasteiger partial charge in [-0.15, -0.1) is 0 Å². The summed E-state index contributed by atoms with van der Waals surface area (Å²) in [5.74, 6) is -0.336. The Labute approximate surface area is 89.9 Å². The molecule has 0 heterocycles. The normalized spacial score (nSPS) is 15.0. The number of nitrogens with two attached hydrogens (primary N) is 1. The van der Waals surface area contributed by atoms with Crippen molar-refractivity contribution in [3.05, 3.63) is 35.1 Å². The third-order valence-corrected chi connectivity index (χ3v) is 2.51. The maximum absolute atomic E-state index is 13.5. The Balaban J connectivity index is 2.86. The summed E-state index contributed by atoms with van der Waals surface area (Å²) in [6.07, 6.45) is 0.754. The van der Waals surface area contributed by atoms with E-state index < -0.39 is 12.1 Å². The Morgan fingerprint density at radius 2 is 2.13 bits per heavy atom. The third-order valence-electron chi connectivity index (χ3n) is 2.51. The van der Waals surface area contributed by atoms with Crippen LogP contribution in [0.2, 0.25) is 0 Å². The number of halogens is 1. The van der Waals surface area contributed by atoms with E-state index in [2.05, 4.69) is 0 Å². The van der Waals surface area contributed by atoms with Crippen LogP contribution in [0.4, 0.5) is 4.39 Å². The minimum Gasteiger partial charge on any atom is -0.391 e. The number of aliphatic hydroxyl groups excluding tert-OH is 1. The van der Waals surface area contributed by atoms with Gasteiger partial charge in [0.25, 0.3) is 0 Å². The summed E-state index contributed by atoms with van der Waals surface area (Å²) in [6.45, 7) is 3.78. The standard InChI is InChI=1S/C12H18FNO/c1-3-4-11(15)12(14)9-6-5-8(2)7-10(9)13/h5-7,11-12,15H,3-4,14H2,1-2H3/t11-,12+/m1/s1. The smallest absolute Gasteiger partial charge is 0.128 e. The zero-order valence-electron chi connectivity index (χ0n) is 9.20. The van der Waals surface area contributed by atoms with Crippen molar-refractivity contribution in [1.29, 1.82) is 0 Å². The number of hydrogen-bond acceptors (Lipinski definition) is 2. The van der Waals surface area contributed by atoms with Gasteiger partial charge in [-0.05, 0) is 25.0 Å². The Bertz CT molecular complexity index is 327. The number of hydrogen-bond donors (Lipinski definition) is 2. The van der Waals surface area contributed by atoms with Gasteiger partial charge in [0.2, 0.25) is 0 Å². The van der Waals surface area contributed by atoms with Crippen molar-refractivity contribution in [3.8, 4) is 0 Å². The van der Waals surface area contributed by atoms with Gasteiger partial charge in [-0.2, -0.15) is 0 Å². The predicted octanol–water partition coefficient (Wildman–Crippen LogP) is 2.29. The van der Waals surface area contributed by atoms with Crippen LogP contribution in [0.1, 0.15) is 36.9 Å². The molecule has 0 aliphatic heterocycles. The molecule has 15 heavy (non-hydrogen) atoms. The average molecular weight is 211 g/mol. The highest BCUT2D eigenvalue weighted by atomic mass is 19.1. The molecule has 0 aromatic heterocycles. The van der Waals surface area contributed by atoms with Crippen LogP contribution < -0.4 is 5.73 Å². The number of benzene rings is 1. The summed E-state index contributed by atoms with van der Waals surface area (Å²) >= 11 is 0. The van der Waals surface area contributed by atoms with Gasteiger partial charge in [0, 0.05) is 5.56 Å². The lowest BCUT2D eigenvalue weighted by Gasteiger charge is -2.19. The maximum atomic E-state index is 13.5. The summed E-state index contributed by atoms with van der Waals surface area (Å²) in [7, 11) is 0.